The second-order valence-electron chi connectivity index (χ2n) is 5.20. The van der Waals surface area contributed by atoms with Crippen molar-refractivity contribution in [2.75, 3.05) is 20.1 Å². The zero-order chi connectivity index (χ0) is 9.47. The standard InChI is InChI=1S/C11H21NO/c1-9(2)13-10-6-11(7-10)4-5-12(3)8-11/h9-10H,4-8H2,1-3H3. The molecule has 2 heteroatoms. The third-order valence-corrected chi connectivity index (χ3v) is 3.42. The first kappa shape index (κ1) is 9.47. The first-order valence-electron chi connectivity index (χ1n) is 5.44. The van der Waals surface area contributed by atoms with Gasteiger partial charge >= 0.3 is 0 Å². The molecule has 0 bridgehead atoms. The molecule has 0 atom stereocenters. The minimum Gasteiger partial charge on any atom is -0.376 e. The van der Waals surface area contributed by atoms with Crippen molar-refractivity contribution in [1.82, 2.24) is 4.90 Å². The Morgan fingerprint density at radius 3 is 2.54 bits per heavy atom. The van der Waals surface area contributed by atoms with Gasteiger partial charge in [-0.1, -0.05) is 0 Å². The van der Waals surface area contributed by atoms with E-state index in [0.717, 1.165) is 0 Å². The monoisotopic (exact) mass is 183 g/mol. The molecule has 76 valence electrons. The smallest absolute Gasteiger partial charge is 0.0590 e. The summed E-state index contributed by atoms with van der Waals surface area (Å²) in [4.78, 5) is 2.45. The van der Waals surface area contributed by atoms with E-state index < -0.39 is 0 Å². The van der Waals surface area contributed by atoms with Crippen molar-refractivity contribution < 1.29 is 4.74 Å². The molecule has 13 heavy (non-hydrogen) atoms. The highest BCUT2D eigenvalue weighted by Gasteiger charge is 2.48. The van der Waals surface area contributed by atoms with Crippen molar-refractivity contribution in [3.05, 3.63) is 0 Å². The molecule has 0 aromatic rings. The molecule has 2 nitrogen and oxygen atoms in total. The summed E-state index contributed by atoms with van der Waals surface area (Å²) in [6.45, 7) is 6.84. The molecule has 1 saturated carbocycles. The molecule has 0 unspecified atom stereocenters. The number of rotatable bonds is 2. The molecule has 1 aliphatic heterocycles. The van der Waals surface area contributed by atoms with Crippen molar-refractivity contribution in [3.8, 4) is 0 Å². The van der Waals surface area contributed by atoms with Gasteiger partial charge in [0, 0.05) is 6.54 Å². The fraction of sp³-hybridized carbons (Fsp3) is 1.00. The van der Waals surface area contributed by atoms with Crippen molar-refractivity contribution >= 4 is 0 Å². The number of hydrogen-bond acceptors (Lipinski definition) is 2. The van der Waals surface area contributed by atoms with E-state index in [1.165, 1.54) is 32.4 Å². The first-order chi connectivity index (χ1) is 6.10. The van der Waals surface area contributed by atoms with E-state index in [9.17, 15) is 0 Å². The quantitative estimate of drug-likeness (QED) is 0.648. The minimum atomic E-state index is 0.404. The Labute approximate surface area is 81.3 Å². The Morgan fingerprint density at radius 1 is 1.38 bits per heavy atom. The molecule has 1 saturated heterocycles. The fourth-order valence-electron chi connectivity index (χ4n) is 2.88. The Hall–Kier alpha value is -0.0800. The third kappa shape index (κ3) is 1.89. The average Bonchev–Trinajstić information content (AvgIpc) is 2.29. The second-order valence-corrected chi connectivity index (χ2v) is 5.20. The summed E-state index contributed by atoms with van der Waals surface area (Å²) in [5.74, 6) is 0. The van der Waals surface area contributed by atoms with E-state index in [-0.39, 0.29) is 0 Å². The van der Waals surface area contributed by atoms with Crippen LogP contribution in [0.1, 0.15) is 33.1 Å². The maximum absolute atomic E-state index is 5.79. The summed E-state index contributed by atoms with van der Waals surface area (Å²) in [5.41, 5.74) is 0.647. The lowest BCUT2D eigenvalue weighted by Crippen LogP contribution is -2.44. The van der Waals surface area contributed by atoms with Crippen LogP contribution >= 0.6 is 0 Å². The van der Waals surface area contributed by atoms with Gasteiger partial charge in [0.1, 0.15) is 0 Å². The van der Waals surface area contributed by atoms with E-state index in [4.69, 9.17) is 4.74 Å². The average molecular weight is 183 g/mol. The zero-order valence-electron chi connectivity index (χ0n) is 9.05. The summed E-state index contributed by atoms with van der Waals surface area (Å²) in [6, 6.07) is 0. The number of likely N-dealkylation sites (tertiary alicyclic amines) is 1. The van der Waals surface area contributed by atoms with Crippen molar-refractivity contribution in [2.24, 2.45) is 5.41 Å². The van der Waals surface area contributed by atoms with Crippen LogP contribution in [0.25, 0.3) is 0 Å². The highest BCUT2D eigenvalue weighted by atomic mass is 16.5. The van der Waals surface area contributed by atoms with Gasteiger partial charge in [-0.15, -0.1) is 0 Å². The predicted octanol–water partition coefficient (Wildman–Crippen LogP) is 1.90. The Balaban J connectivity index is 1.77. The normalized spacial score (nSPS) is 40.2. The van der Waals surface area contributed by atoms with Gasteiger partial charge in [-0.05, 0) is 52.1 Å². The molecular formula is C11H21NO. The Morgan fingerprint density at radius 2 is 2.08 bits per heavy atom. The maximum Gasteiger partial charge on any atom is 0.0590 e. The lowest BCUT2D eigenvalue weighted by atomic mass is 9.66. The lowest BCUT2D eigenvalue weighted by Gasteiger charge is -2.45. The maximum atomic E-state index is 5.79. The first-order valence-corrected chi connectivity index (χ1v) is 5.44. The highest BCUT2D eigenvalue weighted by molar-refractivity contribution is 5.00. The summed E-state index contributed by atoms with van der Waals surface area (Å²) in [7, 11) is 2.23. The molecule has 2 fully saturated rings. The molecule has 1 spiro atoms. The van der Waals surface area contributed by atoms with E-state index in [1.54, 1.807) is 0 Å². The van der Waals surface area contributed by atoms with E-state index in [2.05, 4.69) is 25.8 Å². The topological polar surface area (TPSA) is 12.5 Å². The van der Waals surface area contributed by atoms with Gasteiger partial charge in [-0.3, -0.25) is 0 Å². The van der Waals surface area contributed by atoms with Gasteiger partial charge in [-0.25, -0.2) is 0 Å². The van der Waals surface area contributed by atoms with Gasteiger partial charge in [0.15, 0.2) is 0 Å². The van der Waals surface area contributed by atoms with Crippen LogP contribution in [-0.4, -0.2) is 37.2 Å². The van der Waals surface area contributed by atoms with Gasteiger partial charge in [0.2, 0.25) is 0 Å². The largest absolute Gasteiger partial charge is 0.376 e. The molecule has 0 radical (unpaired) electrons. The van der Waals surface area contributed by atoms with Crippen LogP contribution in [0.3, 0.4) is 0 Å². The molecular weight excluding hydrogens is 162 g/mol. The number of hydrogen-bond donors (Lipinski definition) is 0. The number of ether oxygens (including phenoxy) is 1. The SMILES string of the molecule is CC(C)OC1CC2(CCN(C)C2)C1. The summed E-state index contributed by atoms with van der Waals surface area (Å²) >= 11 is 0. The lowest BCUT2D eigenvalue weighted by molar-refractivity contribution is -0.0992. The van der Waals surface area contributed by atoms with Crippen molar-refractivity contribution in [3.63, 3.8) is 0 Å². The third-order valence-electron chi connectivity index (χ3n) is 3.42. The van der Waals surface area contributed by atoms with Crippen LogP contribution in [0.2, 0.25) is 0 Å². The van der Waals surface area contributed by atoms with Crippen LogP contribution in [0.5, 0.6) is 0 Å². The molecule has 0 N–H and O–H groups in total. The predicted molar refractivity (Wildman–Crippen MR) is 53.8 cm³/mol. The van der Waals surface area contributed by atoms with Crippen LogP contribution in [-0.2, 0) is 4.74 Å². The van der Waals surface area contributed by atoms with Crippen LogP contribution < -0.4 is 0 Å². The number of nitrogens with zero attached hydrogens (tertiary/aromatic N) is 1. The van der Waals surface area contributed by atoms with E-state index in [0.29, 0.717) is 17.6 Å². The van der Waals surface area contributed by atoms with Gasteiger partial charge in [0.25, 0.3) is 0 Å². The van der Waals surface area contributed by atoms with Crippen LogP contribution in [0.15, 0.2) is 0 Å². The van der Waals surface area contributed by atoms with Crippen molar-refractivity contribution in [2.45, 2.75) is 45.3 Å². The molecule has 2 rings (SSSR count). The molecule has 0 amide bonds. The fourth-order valence-corrected chi connectivity index (χ4v) is 2.88. The van der Waals surface area contributed by atoms with Gasteiger partial charge < -0.3 is 9.64 Å². The summed E-state index contributed by atoms with van der Waals surface area (Å²) < 4.78 is 5.79. The summed E-state index contributed by atoms with van der Waals surface area (Å²) in [6.07, 6.45) is 4.96. The zero-order valence-corrected chi connectivity index (χ0v) is 9.05. The van der Waals surface area contributed by atoms with Crippen molar-refractivity contribution in [1.29, 1.82) is 0 Å². The Bertz CT molecular complexity index is 185. The second kappa shape index (κ2) is 3.25. The molecule has 0 aromatic heterocycles. The van der Waals surface area contributed by atoms with Gasteiger partial charge in [-0.2, -0.15) is 0 Å². The van der Waals surface area contributed by atoms with Crippen LogP contribution in [0, 0.1) is 5.41 Å². The van der Waals surface area contributed by atoms with Crippen LogP contribution in [0.4, 0.5) is 0 Å². The minimum absolute atomic E-state index is 0.404. The molecule has 1 aliphatic carbocycles. The Kier molecular flexibility index (Phi) is 2.37. The molecule has 2 aliphatic rings. The highest BCUT2D eigenvalue weighted by Crippen LogP contribution is 2.49. The van der Waals surface area contributed by atoms with E-state index in [1.807, 2.05) is 0 Å². The molecule has 0 aromatic carbocycles. The molecule has 1 heterocycles. The van der Waals surface area contributed by atoms with E-state index >= 15 is 0 Å². The summed E-state index contributed by atoms with van der Waals surface area (Å²) in [5, 5.41) is 0. The van der Waals surface area contributed by atoms with Gasteiger partial charge in [0.05, 0.1) is 12.2 Å².